The molecule has 0 amide bonds. The molecular formula is C11H6BrClO. The second kappa shape index (κ2) is 3.71. The molecule has 70 valence electrons. The van der Waals surface area contributed by atoms with Crippen LogP contribution in [0.15, 0.2) is 34.8 Å². The van der Waals surface area contributed by atoms with Gasteiger partial charge in [0.05, 0.1) is 0 Å². The highest BCUT2D eigenvalue weighted by Crippen LogP contribution is 2.31. The average Bonchev–Trinajstić information content (AvgIpc) is 2.20. The molecule has 0 radical (unpaired) electrons. The van der Waals surface area contributed by atoms with Gasteiger partial charge in [0.2, 0.25) is 0 Å². The molecule has 14 heavy (non-hydrogen) atoms. The molecule has 0 saturated heterocycles. The van der Waals surface area contributed by atoms with Gasteiger partial charge in [-0.05, 0) is 33.4 Å². The number of fused-ring (bicyclic) bond motifs is 1. The monoisotopic (exact) mass is 268 g/mol. The zero-order chi connectivity index (χ0) is 10.1. The van der Waals surface area contributed by atoms with Crippen molar-refractivity contribution in [3.63, 3.8) is 0 Å². The molecule has 3 heteroatoms. The fourth-order valence-electron chi connectivity index (χ4n) is 1.39. The third-order valence-electron chi connectivity index (χ3n) is 2.10. The molecule has 0 heterocycles. The second-order valence-electron chi connectivity index (χ2n) is 2.92. The molecule has 0 fully saturated rings. The molecule has 0 N–H and O–H groups in total. The Morgan fingerprint density at radius 2 is 1.93 bits per heavy atom. The van der Waals surface area contributed by atoms with Gasteiger partial charge in [-0.15, -0.1) is 0 Å². The summed E-state index contributed by atoms with van der Waals surface area (Å²) >= 11 is 9.40. The Morgan fingerprint density at radius 3 is 2.64 bits per heavy atom. The van der Waals surface area contributed by atoms with E-state index in [1.807, 2.05) is 24.3 Å². The lowest BCUT2D eigenvalue weighted by atomic mass is 10.1. The summed E-state index contributed by atoms with van der Waals surface area (Å²) in [6.07, 6.45) is 0.824. The minimum Gasteiger partial charge on any atom is -0.298 e. The molecule has 0 spiro atoms. The van der Waals surface area contributed by atoms with Crippen molar-refractivity contribution >= 4 is 44.6 Å². The Kier molecular flexibility index (Phi) is 2.57. The number of aldehydes is 1. The fourth-order valence-corrected chi connectivity index (χ4v) is 2.20. The van der Waals surface area contributed by atoms with Gasteiger partial charge in [-0.3, -0.25) is 4.79 Å². The lowest BCUT2D eigenvalue weighted by Gasteiger charge is -2.04. The van der Waals surface area contributed by atoms with Crippen molar-refractivity contribution in [2.45, 2.75) is 0 Å². The van der Waals surface area contributed by atoms with E-state index in [-0.39, 0.29) is 0 Å². The van der Waals surface area contributed by atoms with Crippen LogP contribution in [-0.2, 0) is 0 Å². The normalized spacial score (nSPS) is 10.4. The predicted molar refractivity (Wildman–Crippen MR) is 62.0 cm³/mol. The van der Waals surface area contributed by atoms with Crippen LogP contribution < -0.4 is 0 Å². The summed E-state index contributed by atoms with van der Waals surface area (Å²) in [5.74, 6) is 0. The minimum atomic E-state index is 0.639. The third kappa shape index (κ3) is 1.45. The van der Waals surface area contributed by atoms with Crippen LogP contribution >= 0.6 is 27.5 Å². The van der Waals surface area contributed by atoms with E-state index in [0.717, 1.165) is 21.5 Å². The Labute approximate surface area is 94.8 Å². The van der Waals surface area contributed by atoms with E-state index in [1.165, 1.54) is 0 Å². The summed E-state index contributed by atoms with van der Waals surface area (Å²) in [7, 11) is 0. The molecule has 0 aromatic heterocycles. The summed E-state index contributed by atoms with van der Waals surface area (Å²) in [5, 5.41) is 2.61. The van der Waals surface area contributed by atoms with Gasteiger partial charge in [-0.25, -0.2) is 0 Å². The maximum absolute atomic E-state index is 10.7. The molecular weight excluding hydrogens is 263 g/mol. The topological polar surface area (TPSA) is 17.1 Å². The van der Waals surface area contributed by atoms with Crippen LogP contribution in [0.1, 0.15) is 10.4 Å². The summed E-state index contributed by atoms with van der Waals surface area (Å²) in [6.45, 7) is 0. The third-order valence-corrected chi connectivity index (χ3v) is 3.31. The van der Waals surface area contributed by atoms with Gasteiger partial charge in [-0.2, -0.15) is 0 Å². The quantitative estimate of drug-likeness (QED) is 0.713. The van der Waals surface area contributed by atoms with Gasteiger partial charge in [0.1, 0.15) is 0 Å². The molecule has 0 bridgehead atoms. The Balaban J connectivity index is 2.90. The summed E-state index contributed by atoms with van der Waals surface area (Å²) in [4.78, 5) is 10.7. The number of hydrogen-bond acceptors (Lipinski definition) is 1. The zero-order valence-corrected chi connectivity index (χ0v) is 9.47. The van der Waals surface area contributed by atoms with Crippen molar-refractivity contribution < 1.29 is 4.79 Å². The van der Waals surface area contributed by atoms with Gasteiger partial charge in [-0.1, -0.05) is 29.8 Å². The first-order valence-corrected chi connectivity index (χ1v) is 5.23. The van der Waals surface area contributed by atoms with E-state index in [0.29, 0.717) is 10.6 Å². The molecule has 0 saturated carbocycles. The van der Waals surface area contributed by atoms with E-state index in [4.69, 9.17) is 11.6 Å². The summed E-state index contributed by atoms with van der Waals surface area (Å²) in [6, 6.07) is 9.23. The standard InChI is InChI=1S/C11H6BrClO/c12-11-7(6-14)4-5-8-9(11)2-1-3-10(8)13/h1-6H. The number of carbonyl (C=O) groups is 1. The van der Waals surface area contributed by atoms with Crippen LogP contribution in [0.5, 0.6) is 0 Å². The first kappa shape index (κ1) is 9.69. The smallest absolute Gasteiger partial charge is 0.151 e. The maximum atomic E-state index is 10.7. The van der Waals surface area contributed by atoms with Crippen molar-refractivity contribution in [1.29, 1.82) is 0 Å². The Bertz CT molecular complexity index is 508. The second-order valence-corrected chi connectivity index (χ2v) is 4.12. The first-order chi connectivity index (χ1) is 6.74. The highest BCUT2D eigenvalue weighted by Gasteiger charge is 2.05. The highest BCUT2D eigenvalue weighted by molar-refractivity contribution is 9.10. The Hall–Kier alpha value is -0.860. The van der Waals surface area contributed by atoms with Crippen molar-refractivity contribution in [2.75, 3.05) is 0 Å². The highest BCUT2D eigenvalue weighted by atomic mass is 79.9. The number of hydrogen-bond donors (Lipinski definition) is 0. The average molecular weight is 270 g/mol. The van der Waals surface area contributed by atoms with Crippen LogP contribution in [0.25, 0.3) is 10.8 Å². The first-order valence-electron chi connectivity index (χ1n) is 4.06. The molecule has 0 aliphatic carbocycles. The lowest BCUT2D eigenvalue weighted by Crippen LogP contribution is -1.84. The molecule has 2 aromatic rings. The molecule has 0 unspecified atom stereocenters. The lowest BCUT2D eigenvalue weighted by molar-refractivity contribution is 0.112. The minimum absolute atomic E-state index is 0.639. The van der Waals surface area contributed by atoms with Crippen LogP contribution in [0.4, 0.5) is 0 Å². The van der Waals surface area contributed by atoms with Gasteiger partial charge in [0, 0.05) is 20.4 Å². The van der Waals surface area contributed by atoms with Gasteiger partial charge >= 0.3 is 0 Å². The largest absolute Gasteiger partial charge is 0.298 e. The van der Waals surface area contributed by atoms with E-state index in [1.54, 1.807) is 6.07 Å². The number of carbonyl (C=O) groups excluding carboxylic acids is 1. The molecule has 0 aliphatic heterocycles. The van der Waals surface area contributed by atoms with Gasteiger partial charge in [0.15, 0.2) is 6.29 Å². The van der Waals surface area contributed by atoms with Crippen molar-refractivity contribution in [3.8, 4) is 0 Å². The molecule has 2 aromatic carbocycles. The molecule has 0 aliphatic rings. The zero-order valence-electron chi connectivity index (χ0n) is 7.13. The van der Waals surface area contributed by atoms with E-state index in [2.05, 4.69) is 15.9 Å². The van der Waals surface area contributed by atoms with E-state index in [9.17, 15) is 4.79 Å². The van der Waals surface area contributed by atoms with Crippen molar-refractivity contribution in [2.24, 2.45) is 0 Å². The molecule has 1 nitrogen and oxygen atoms in total. The summed E-state index contributed by atoms with van der Waals surface area (Å²) in [5.41, 5.74) is 0.639. The fraction of sp³-hybridized carbons (Fsp3) is 0. The molecule has 0 atom stereocenters. The van der Waals surface area contributed by atoms with Crippen LogP contribution in [0.2, 0.25) is 5.02 Å². The maximum Gasteiger partial charge on any atom is 0.151 e. The van der Waals surface area contributed by atoms with E-state index < -0.39 is 0 Å². The van der Waals surface area contributed by atoms with Crippen molar-refractivity contribution in [1.82, 2.24) is 0 Å². The van der Waals surface area contributed by atoms with Crippen molar-refractivity contribution in [3.05, 3.63) is 45.4 Å². The summed E-state index contributed by atoms with van der Waals surface area (Å²) < 4.78 is 0.799. The molecule has 2 rings (SSSR count). The van der Waals surface area contributed by atoms with E-state index >= 15 is 0 Å². The Morgan fingerprint density at radius 1 is 1.14 bits per heavy atom. The SMILES string of the molecule is O=Cc1ccc2c(Cl)cccc2c1Br. The van der Waals surface area contributed by atoms with Gasteiger partial charge < -0.3 is 0 Å². The van der Waals surface area contributed by atoms with Crippen LogP contribution in [-0.4, -0.2) is 6.29 Å². The number of rotatable bonds is 1. The number of benzene rings is 2. The van der Waals surface area contributed by atoms with Crippen LogP contribution in [0, 0.1) is 0 Å². The van der Waals surface area contributed by atoms with Gasteiger partial charge in [0.25, 0.3) is 0 Å². The van der Waals surface area contributed by atoms with Crippen LogP contribution in [0.3, 0.4) is 0 Å². The predicted octanol–water partition coefficient (Wildman–Crippen LogP) is 4.07. The number of halogens is 2.